The quantitative estimate of drug-likeness (QED) is 0.518. The van der Waals surface area contributed by atoms with Gasteiger partial charge in [0, 0.05) is 0 Å². The summed E-state index contributed by atoms with van der Waals surface area (Å²) in [6, 6.07) is 11.4. The van der Waals surface area contributed by atoms with Crippen molar-refractivity contribution >= 4 is 23.2 Å². The highest BCUT2D eigenvalue weighted by molar-refractivity contribution is 6.41. The first kappa shape index (κ1) is 20.9. The summed E-state index contributed by atoms with van der Waals surface area (Å²) in [7, 11) is 0. The van der Waals surface area contributed by atoms with Gasteiger partial charge in [0.1, 0.15) is 5.75 Å². The minimum Gasteiger partial charge on any atom is -0.507 e. The lowest BCUT2D eigenvalue weighted by Crippen LogP contribution is -2.17. The Balaban J connectivity index is 0.000000300. The topological polar surface area (TPSA) is 20.2 Å². The number of rotatable bonds is 0. The van der Waals surface area contributed by atoms with Gasteiger partial charge in [0.15, 0.2) is 0 Å². The summed E-state index contributed by atoms with van der Waals surface area (Å²) in [6.07, 6.45) is 0. The summed E-state index contributed by atoms with van der Waals surface area (Å²) in [5, 5.41) is 11.6. The molecule has 132 valence electrons. The molecule has 0 radical (unpaired) electrons. The van der Waals surface area contributed by atoms with Crippen molar-refractivity contribution in [3.63, 3.8) is 0 Å². The third kappa shape index (κ3) is 5.72. The van der Waals surface area contributed by atoms with Crippen LogP contribution in [0, 0.1) is 6.92 Å². The lowest BCUT2D eigenvalue weighted by atomic mass is 9.78. The van der Waals surface area contributed by atoms with Crippen LogP contribution in [0.4, 0.5) is 0 Å². The van der Waals surface area contributed by atoms with Crippen LogP contribution in [0.15, 0.2) is 36.4 Å². The largest absolute Gasteiger partial charge is 0.507 e. The Labute approximate surface area is 156 Å². The SMILES string of the molecule is Cc1cc(C(C)(C)C)c(O)c(C(C)(C)C)c1.Clc1ccccc1Cl. The van der Waals surface area contributed by atoms with E-state index < -0.39 is 0 Å². The van der Waals surface area contributed by atoms with Crippen LogP contribution >= 0.6 is 23.2 Å². The fourth-order valence-corrected chi connectivity index (χ4v) is 2.63. The summed E-state index contributed by atoms with van der Waals surface area (Å²) < 4.78 is 0. The number of phenolic OH excluding ortho intramolecular Hbond substituents is 1. The van der Waals surface area contributed by atoms with E-state index >= 15 is 0 Å². The van der Waals surface area contributed by atoms with Gasteiger partial charge >= 0.3 is 0 Å². The second kappa shape index (κ2) is 7.80. The fraction of sp³-hybridized carbons (Fsp3) is 0.429. The smallest absolute Gasteiger partial charge is 0.123 e. The molecule has 0 aliphatic heterocycles. The maximum atomic E-state index is 10.4. The van der Waals surface area contributed by atoms with Crippen molar-refractivity contribution in [1.82, 2.24) is 0 Å². The van der Waals surface area contributed by atoms with E-state index in [1.807, 2.05) is 12.1 Å². The van der Waals surface area contributed by atoms with Gasteiger partial charge in [-0.25, -0.2) is 0 Å². The highest BCUT2D eigenvalue weighted by Crippen LogP contribution is 2.39. The first-order chi connectivity index (χ1) is 10.8. The van der Waals surface area contributed by atoms with Gasteiger partial charge in [0.25, 0.3) is 0 Å². The van der Waals surface area contributed by atoms with Crippen molar-refractivity contribution in [3.8, 4) is 5.75 Å². The van der Waals surface area contributed by atoms with Gasteiger partial charge in [-0.15, -0.1) is 0 Å². The normalized spacial score (nSPS) is 11.7. The minimum absolute atomic E-state index is 0.0178. The summed E-state index contributed by atoms with van der Waals surface area (Å²) in [4.78, 5) is 0. The number of hydrogen-bond acceptors (Lipinski definition) is 1. The lowest BCUT2D eigenvalue weighted by molar-refractivity contribution is 0.423. The van der Waals surface area contributed by atoms with Crippen LogP contribution in [0.25, 0.3) is 0 Å². The van der Waals surface area contributed by atoms with E-state index in [4.69, 9.17) is 23.2 Å². The summed E-state index contributed by atoms with van der Waals surface area (Å²) in [5.41, 5.74) is 3.26. The van der Waals surface area contributed by atoms with Gasteiger partial charge in [-0.05, 0) is 41.0 Å². The van der Waals surface area contributed by atoms with Crippen LogP contribution in [0.3, 0.4) is 0 Å². The molecule has 0 aromatic heterocycles. The minimum atomic E-state index is -0.0178. The molecule has 0 aliphatic rings. The van der Waals surface area contributed by atoms with E-state index in [-0.39, 0.29) is 10.8 Å². The third-order valence-electron chi connectivity index (χ3n) is 3.69. The molecule has 2 rings (SSSR count). The van der Waals surface area contributed by atoms with E-state index in [1.54, 1.807) is 12.1 Å². The molecule has 24 heavy (non-hydrogen) atoms. The monoisotopic (exact) mass is 366 g/mol. The standard InChI is InChI=1S/C15H24O.C6H4Cl2/c1-10-8-11(14(2,3)4)13(16)12(9-10)15(5,6)7;7-5-3-1-2-4-6(5)8/h8-9,16H,1-7H3;1-4H. The van der Waals surface area contributed by atoms with Crippen molar-refractivity contribution in [3.05, 3.63) is 63.1 Å². The molecule has 0 aliphatic carbocycles. The molecule has 0 bridgehead atoms. The number of phenols is 1. The molecule has 0 saturated heterocycles. The summed E-state index contributed by atoms with van der Waals surface area (Å²) in [6.45, 7) is 14.9. The Hall–Kier alpha value is -1.18. The number of benzene rings is 2. The maximum Gasteiger partial charge on any atom is 0.123 e. The Morgan fingerprint density at radius 1 is 0.750 bits per heavy atom. The zero-order chi connectivity index (χ0) is 18.7. The second-order valence-electron chi connectivity index (χ2n) is 8.12. The molecule has 2 aromatic carbocycles. The molecule has 0 amide bonds. The molecule has 2 aromatic rings. The zero-order valence-electron chi connectivity index (χ0n) is 15.7. The molecule has 1 nitrogen and oxygen atoms in total. The first-order valence-electron chi connectivity index (χ1n) is 8.08. The number of aryl methyl sites for hydroxylation is 1. The maximum absolute atomic E-state index is 10.4. The van der Waals surface area contributed by atoms with E-state index in [2.05, 4.69) is 60.6 Å². The van der Waals surface area contributed by atoms with Gasteiger partial charge in [-0.1, -0.05) is 94.6 Å². The van der Waals surface area contributed by atoms with Crippen LogP contribution in [0.1, 0.15) is 58.2 Å². The van der Waals surface area contributed by atoms with Crippen molar-refractivity contribution in [2.75, 3.05) is 0 Å². The molecule has 0 unspecified atom stereocenters. The van der Waals surface area contributed by atoms with E-state index in [9.17, 15) is 5.11 Å². The van der Waals surface area contributed by atoms with Gasteiger partial charge in [-0.3, -0.25) is 0 Å². The second-order valence-corrected chi connectivity index (χ2v) is 8.94. The molecule has 0 saturated carbocycles. The predicted molar refractivity (Wildman–Crippen MR) is 107 cm³/mol. The number of aromatic hydroxyl groups is 1. The zero-order valence-corrected chi connectivity index (χ0v) is 17.2. The van der Waals surface area contributed by atoms with Crippen LogP contribution in [-0.4, -0.2) is 5.11 Å². The Morgan fingerprint density at radius 2 is 1.08 bits per heavy atom. The Morgan fingerprint density at radius 3 is 1.33 bits per heavy atom. The van der Waals surface area contributed by atoms with Crippen LogP contribution < -0.4 is 0 Å². The van der Waals surface area contributed by atoms with Crippen LogP contribution in [0.5, 0.6) is 5.75 Å². The van der Waals surface area contributed by atoms with Crippen molar-refractivity contribution in [2.24, 2.45) is 0 Å². The molecular weight excluding hydrogens is 339 g/mol. The van der Waals surface area contributed by atoms with E-state index in [0.717, 1.165) is 11.1 Å². The summed E-state index contributed by atoms with van der Waals surface area (Å²) in [5.74, 6) is 0.464. The highest BCUT2D eigenvalue weighted by Gasteiger charge is 2.25. The third-order valence-corrected chi connectivity index (χ3v) is 4.45. The van der Waals surface area contributed by atoms with Gasteiger partial charge in [0.05, 0.1) is 10.0 Å². The van der Waals surface area contributed by atoms with Crippen LogP contribution in [0.2, 0.25) is 10.0 Å². The predicted octanol–water partition coefficient (Wildman–Crippen LogP) is 7.29. The van der Waals surface area contributed by atoms with Crippen molar-refractivity contribution in [1.29, 1.82) is 0 Å². The molecule has 0 atom stereocenters. The number of halogens is 2. The van der Waals surface area contributed by atoms with Crippen LogP contribution in [-0.2, 0) is 10.8 Å². The first-order valence-corrected chi connectivity index (χ1v) is 8.84. The molecule has 0 heterocycles. The molecule has 0 spiro atoms. The van der Waals surface area contributed by atoms with Gasteiger partial charge in [-0.2, -0.15) is 0 Å². The Bertz CT molecular complexity index is 636. The molecule has 0 fully saturated rings. The average molecular weight is 367 g/mol. The fourth-order valence-electron chi connectivity index (χ4n) is 2.36. The van der Waals surface area contributed by atoms with E-state index in [0.29, 0.717) is 15.8 Å². The Kier molecular flexibility index (Phi) is 6.78. The molecular formula is C21H28Cl2O. The lowest BCUT2D eigenvalue weighted by Gasteiger charge is -2.27. The van der Waals surface area contributed by atoms with Crippen molar-refractivity contribution in [2.45, 2.75) is 59.3 Å². The van der Waals surface area contributed by atoms with Gasteiger partial charge < -0.3 is 5.11 Å². The number of hydrogen-bond donors (Lipinski definition) is 1. The van der Waals surface area contributed by atoms with Gasteiger partial charge in [0.2, 0.25) is 0 Å². The molecule has 1 N–H and O–H groups in total. The summed E-state index contributed by atoms with van der Waals surface area (Å²) >= 11 is 11.2. The average Bonchev–Trinajstić information content (AvgIpc) is 2.42. The molecule has 3 heteroatoms. The van der Waals surface area contributed by atoms with Crippen molar-refractivity contribution < 1.29 is 5.11 Å². The highest BCUT2D eigenvalue weighted by atomic mass is 35.5. The van der Waals surface area contributed by atoms with E-state index in [1.165, 1.54) is 5.56 Å².